The van der Waals surface area contributed by atoms with Crippen molar-refractivity contribution in [1.82, 2.24) is 0 Å². The third-order valence-electron chi connectivity index (χ3n) is 6.61. The molecule has 2 aromatic rings. The van der Waals surface area contributed by atoms with Gasteiger partial charge in [0.2, 0.25) is 5.91 Å². The lowest BCUT2D eigenvalue weighted by molar-refractivity contribution is -0.119. The van der Waals surface area contributed by atoms with Crippen molar-refractivity contribution in [3.05, 3.63) is 47.5 Å². The van der Waals surface area contributed by atoms with Crippen LogP contribution in [0.2, 0.25) is 0 Å². The summed E-state index contributed by atoms with van der Waals surface area (Å²) in [5.41, 5.74) is 2.03. The van der Waals surface area contributed by atoms with E-state index in [1.807, 2.05) is 13.0 Å². The van der Waals surface area contributed by atoms with E-state index in [4.69, 9.17) is 18.9 Å². The number of nitrogens with one attached hydrogen (secondary N) is 1. The van der Waals surface area contributed by atoms with E-state index < -0.39 is 5.41 Å². The van der Waals surface area contributed by atoms with Crippen LogP contribution >= 0.6 is 0 Å². The minimum atomic E-state index is -0.713. The Morgan fingerprint density at radius 3 is 2.68 bits per heavy atom. The molecular formula is C24H25NO6. The summed E-state index contributed by atoms with van der Waals surface area (Å²) in [7, 11) is 3.13. The molecule has 3 atom stereocenters. The molecule has 7 nitrogen and oxygen atoms in total. The summed E-state index contributed by atoms with van der Waals surface area (Å²) in [5, 5.41) is 13.8. The number of carbonyl (C=O) groups is 1. The van der Waals surface area contributed by atoms with Crippen LogP contribution in [0.4, 0.5) is 5.69 Å². The maximum absolute atomic E-state index is 13.5. The Morgan fingerprint density at radius 2 is 1.97 bits per heavy atom. The summed E-state index contributed by atoms with van der Waals surface area (Å²) in [6, 6.07) is 7.04. The lowest BCUT2D eigenvalue weighted by Gasteiger charge is -2.27. The van der Waals surface area contributed by atoms with Gasteiger partial charge in [-0.15, -0.1) is 0 Å². The Balaban J connectivity index is 1.46. The minimum absolute atomic E-state index is 0.0443. The lowest BCUT2D eigenvalue weighted by atomic mass is 9.89. The Morgan fingerprint density at radius 1 is 1.23 bits per heavy atom. The van der Waals surface area contributed by atoms with Crippen molar-refractivity contribution < 1.29 is 28.8 Å². The summed E-state index contributed by atoms with van der Waals surface area (Å²) in [6.45, 7) is 6.29. The second-order valence-corrected chi connectivity index (χ2v) is 8.44. The van der Waals surface area contributed by atoms with Gasteiger partial charge in [0.25, 0.3) is 0 Å². The zero-order valence-electron chi connectivity index (χ0n) is 17.8. The predicted molar refractivity (Wildman–Crippen MR) is 114 cm³/mol. The number of phenolic OH excluding ortho intramolecular Hbond substituents is 1. The van der Waals surface area contributed by atoms with Gasteiger partial charge in [0.1, 0.15) is 23.4 Å². The molecule has 0 spiro atoms. The number of aromatic hydroxyl groups is 1. The quantitative estimate of drug-likeness (QED) is 0.565. The molecule has 1 saturated carbocycles. The van der Waals surface area contributed by atoms with Crippen LogP contribution in [-0.4, -0.2) is 37.9 Å². The van der Waals surface area contributed by atoms with Crippen LogP contribution in [-0.2, 0) is 16.6 Å². The van der Waals surface area contributed by atoms with Gasteiger partial charge >= 0.3 is 0 Å². The van der Waals surface area contributed by atoms with E-state index in [0.29, 0.717) is 53.7 Å². The SMILES string of the molecule is C=C(C)[C@H]1Cc2c(ccc(NC(=O)C34CC3COc3cc(OC)c(OC)cc34)c2O)O1. The predicted octanol–water partition coefficient (Wildman–Crippen LogP) is 3.58. The Labute approximate surface area is 180 Å². The zero-order chi connectivity index (χ0) is 21.9. The number of phenols is 1. The Kier molecular flexibility index (Phi) is 4.32. The molecule has 2 N–H and O–H groups in total. The summed E-state index contributed by atoms with van der Waals surface area (Å²) in [5.74, 6) is 2.30. The van der Waals surface area contributed by atoms with Crippen LogP contribution in [0, 0.1) is 5.92 Å². The second-order valence-electron chi connectivity index (χ2n) is 8.44. The molecule has 1 aliphatic carbocycles. The van der Waals surface area contributed by atoms with Crippen molar-refractivity contribution in [1.29, 1.82) is 0 Å². The van der Waals surface area contributed by atoms with E-state index in [0.717, 1.165) is 11.1 Å². The molecule has 0 bridgehead atoms. The number of fused-ring (bicyclic) bond motifs is 4. The van der Waals surface area contributed by atoms with Crippen molar-refractivity contribution in [2.45, 2.75) is 31.3 Å². The molecule has 2 heterocycles. The van der Waals surface area contributed by atoms with E-state index >= 15 is 0 Å². The molecule has 31 heavy (non-hydrogen) atoms. The van der Waals surface area contributed by atoms with Crippen molar-refractivity contribution in [3.63, 3.8) is 0 Å². The maximum Gasteiger partial charge on any atom is 0.235 e. The monoisotopic (exact) mass is 423 g/mol. The molecule has 162 valence electrons. The number of benzene rings is 2. The fourth-order valence-electron chi connectivity index (χ4n) is 4.70. The summed E-state index contributed by atoms with van der Waals surface area (Å²) in [4.78, 5) is 13.5. The third kappa shape index (κ3) is 2.83. The van der Waals surface area contributed by atoms with Gasteiger partial charge in [0.15, 0.2) is 11.5 Å². The van der Waals surface area contributed by atoms with Crippen molar-refractivity contribution in [2.24, 2.45) is 5.92 Å². The normalized spacial score (nSPS) is 24.6. The molecule has 0 radical (unpaired) electrons. The van der Waals surface area contributed by atoms with Crippen LogP contribution in [0.5, 0.6) is 28.7 Å². The first-order valence-corrected chi connectivity index (χ1v) is 10.3. The first-order valence-electron chi connectivity index (χ1n) is 10.3. The van der Waals surface area contributed by atoms with Gasteiger partial charge < -0.3 is 29.4 Å². The van der Waals surface area contributed by atoms with Gasteiger partial charge in [-0.3, -0.25) is 4.79 Å². The number of ether oxygens (including phenoxy) is 4. The number of hydrogen-bond acceptors (Lipinski definition) is 6. The highest BCUT2D eigenvalue weighted by molar-refractivity contribution is 6.04. The van der Waals surface area contributed by atoms with Crippen LogP contribution < -0.4 is 24.3 Å². The topological polar surface area (TPSA) is 86.3 Å². The number of carbonyl (C=O) groups excluding carboxylic acids is 1. The third-order valence-corrected chi connectivity index (χ3v) is 6.61. The van der Waals surface area contributed by atoms with E-state index in [9.17, 15) is 9.90 Å². The first-order chi connectivity index (χ1) is 14.9. The van der Waals surface area contributed by atoms with Gasteiger partial charge in [0, 0.05) is 29.5 Å². The molecule has 1 amide bonds. The van der Waals surface area contributed by atoms with Crippen LogP contribution in [0.3, 0.4) is 0 Å². The van der Waals surface area contributed by atoms with Gasteiger partial charge in [0.05, 0.1) is 31.9 Å². The molecule has 2 aromatic carbocycles. The molecular weight excluding hydrogens is 398 g/mol. The van der Waals surface area contributed by atoms with E-state index in [1.54, 1.807) is 32.4 Å². The molecule has 2 aliphatic heterocycles. The van der Waals surface area contributed by atoms with Crippen molar-refractivity contribution in [3.8, 4) is 28.7 Å². The smallest absolute Gasteiger partial charge is 0.235 e. The van der Waals surface area contributed by atoms with E-state index in [1.165, 1.54) is 0 Å². The van der Waals surface area contributed by atoms with Gasteiger partial charge in [-0.05, 0) is 37.1 Å². The summed E-state index contributed by atoms with van der Waals surface area (Å²) in [6.07, 6.45) is 1.04. The molecule has 0 saturated heterocycles. The standard InChI is InChI=1S/C24H25NO6/c1-12(2)18-7-14-17(31-18)6-5-16(22(14)26)25-23(27)24-10-13(24)11-30-19-9-21(29-4)20(28-3)8-15(19)24/h5-6,8-9,13,18,26H,1,7,10-11H2,2-4H3,(H,25,27)/t13?,18-,24?/m1/s1. The zero-order valence-corrected chi connectivity index (χ0v) is 17.8. The number of rotatable bonds is 5. The maximum atomic E-state index is 13.5. The highest BCUT2D eigenvalue weighted by Crippen LogP contribution is 2.61. The second kappa shape index (κ2) is 6.83. The molecule has 7 heteroatoms. The number of hydrogen-bond donors (Lipinski definition) is 2. The minimum Gasteiger partial charge on any atom is -0.505 e. The number of amides is 1. The molecule has 3 aliphatic rings. The van der Waals surface area contributed by atoms with E-state index in [2.05, 4.69) is 11.9 Å². The van der Waals surface area contributed by atoms with Crippen LogP contribution in [0.1, 0.15) is 24.5 Å². The van der Waals surface area contributed by atoms with Gasteiger partial charge in [-0.1, -0.05) is 6.58 Å². The van der Waals surface area contributed by atoms with E-state index in [-0.39, 0.29) is 23.7 Å². The Hall–Kier alpha value is -3.35. The fourth-order valence-corrected chi connectivity index (χ4v) is 4.70. The first kappa shape index (κ1) is 19.6. The van der Waals surface area contributed by atoms with Crippen molar-refractivity contribution in [2.75, 3.05) is 26.1 Å². The largest absolute Gasteiger partial charge is 0.505 e. The number of methoxy groups -OCH3 is 2. The lowest BCUT2D eigenvalue weighted by Crippen LogP contribution is -2.34. The molecule has 1 fully saturated rings. The van der Waals surface area contributed by atoms with Crippen LogP contribution in [0.15, 0.2) is 36.4 Å². The van der Waals surface area contributed by atoms with Crippen molar-refractivity contribution >= 4 is 11.6 Å². The highest BCUT2D eigenvalue weighted by Gasteiger charge is 2.64. The molecule has 0 aromatic heterocycles. The van der Waals surface area contributed by atoms with Crippen LogP contribution in [0.25, 0.3) is 0 Å². The molecule has 2 unspecified atom stereocenters. The Bertz CT molecular complexity index is 1110. The summed E-state index contributed by atoms with van der Waals surface area (Å²) < 4.78 is 22.5. The highest BCUT2D eigenvalue weighted by atomic mass is 16.5. The average Bonchev–Trinajstić information content (AvgIpc) is 3.37. The van der Waals surface area contributed by atoms with Gasteiger partial charge in [-0.2, -0.15) is 0 Å². The average molecular weight is 423 g/mol. The number of anilines is 1. The molecule has 5 rings (SSSR count). The summed E-state index contributed by atoms with van der Waals surface area (Å²) >= 11 is 0. The fraction of sp³-hybridized carbons (Fsp3) is 0.375. The van der Waals surface area contributed by atoms with Gasteiger partial charge in [-0.25, -0.2) is 0 Å².